The van der Waals surface area contributed by atoms with Gasteiger partial charge in [-0.25, -0.2) is 0 Å². The van der Waals surface area contributed by atoms with E-state index in [1.54, 1.807) is 18.2 Å². The number of benzene rings is 2. The second-order valence-electron chi connectivity index (χ2n) is 7.28. The molecule has 2 amide bonds. The summed E-state index contributed by atoms with van der Waals surface area (Å²) in [6.45, 7) is 2.64. The Labute approximate surface area is 160 Å². The molecule has 0 spiro atoms. The van der Waals surface area contributed by atoms with Crippen LogP contribution in [-0.4, -0.2) is 24.4 Å². The van der Waals surface area contributed by atoms with Gasteiger partial charge in [-0.05, 0) is 43.5 Å². The van der Waals surface area contributed by atoms with Crippen molar-refractivity contribution in [1.29, 1.82) is 0 Å². The summed E-state index contributed by atoms with van der Waals surface area (Å²) in [4.78, 5) is 25.0. The number of quaternary nitrogens is 1. The van der Waals surface area contributed by atoms with Crippen molar-refractivity contribution in [3.63, 3.8) is 0 Å². The maximum absolute atomic E-state index is 12.6. The quantitative estimate of drug-likeness (QED) is 0.735. The van der Waals surface area contributed by atoms with Gasteiger partial charge >= 0.3 is 0 Å². The van der Waals surface area contributed by atoms with Gasteiger partial charge in [0.05, 0.1) is 17.3 Å². The molecule has 1 aliphatic rings. The van der Waals surface area contributed by atoms with E-state index in [-0.39, 0.29) is 11.8 Å². The van der Waals surface area contributed by atoms with Gasteiger partial charge in [0.2, 0.25) is 0 Å². The monoisotopic (exact) mass is 366 g/mol. The standard InChI is InChI=1S/C22H27N3O2/c1-16-9-5-7-13-19(16)23-15-21(26)25-20-14-8-6-12-18(20)22(27)24-17-10-3-2-4-11-17/h2-4,6,8,10-12,14,16,19,23H,5,7,9,13,15H2,1H3,(H,24,27)(H,25,26)/p+1/t16-,19-/m1/s1. The van der Waals surface area contributed by atoms with Crippen molar-refractivity contribution < 1.29 is 14.9 Å². The fraction of sp³-hybridized carbons (Fsp3) is 0.364. The molecule has 2 atom stereocenters. The molecule has 142 valence electrons. The molecular formula is C22H28N3O2+. The highest BCUT2D eigenvalue weighted by atomic mass is 16.2. The third kappa shape index (κ3) is 5.41. The Kier molecular flexibility index (Phi) is 6.60. The van der Waals surface area contributed by atoms with Crippen molar-refractivity contribution in [1.82, 2.24) is 0 Å². The first kappa shape index (κ1) is 19.1. The SMILES string of the molecule is C[C@@H]1CCCC[C@H]1[NH2+]CC(=O)Nc1ccccc1C(=O)Nc1ccccc1. The summed E-state index contributed by atoms with van der Waals surface area (Å²) in [6, 6.07) is 16.9. The van der Waals surface area contributed by atoms with Gasteiger partial charge in [0.25, 0.3) is 11.8 Å². The number of para-hydroxylation sites is 2. The number of carbonyl (C=O) groups is 2. The van der Waals surface area contributed by atoms with E-state index in [9.17, 15) is 9.59 Å². The molecule has 4 N–H and O–H groups in total. The first-order valence-electron chi connectivity index (χ1n) is 9.72. The Balaban J connectivity index is 1.59. The average Bonchev–Trinajstić information content (AvgIpc) is 2.68. The lowest BCUT2D eigenvalue weighted by Crippen LogP contribution is -2.93. The van der Waals surface area contributed by atoms with Crippen LogP contribution in [0.1, 0.15) is 43.0 Å². The van der Waals surface area contributed by atoms with Crippen molar-refractivity contribution in [2.24, 2.45) is 5.92 Å². The van der Waals surface area contributed by atoms with E-state index in [0.717, 1.165) is 5.69 Å². The zero-order valence-corrected chi connectivity index (χ0v) is 15.8. The van der Waals surface area contributed by atoms with Gasteiger partial charge in [-0.3, -0.25) is 9.59 Å². The van der Waals surface area contributed by atoms with Crippen LogP contribution in [0.15, 0.2) is 54.6 Å². The zero-order chi connectivity index (χ0) is 19.1. The first-order valence-corrected chi connectivity index (χ1v) is 9.72. The van der Waals surface area contributed by atoms with Crippen molar-refractivity contribution >= 4 is 23.2 Å². The minimum atomic E-state index is -0.234. The predicted molar refractivity (Wildman–Crippen MR) is 108 cm³/mol. The fourth-order valence-corrected chi connectivity index (χ4v) is 3.66. The first-order chi connectivity index (χ1) is 13.1. The van der Waals surface area contributed by atoms with Crippen LogP contribution in [0, 0.1) is 5.92 Å². The summed E-state index contributed by atoms with van der Waals surface area (Å²) < 4.78 is 0. The van der Waals surface area contributed by atoms with Gasteiger partial charge in [0.15, 0.2) is 6.54 Å². The van der Waals surface area contributed by atoms with Crippen LogP contribution < -0.4 is 16.0 Å². The molecule has 0 radical (unpaired) electrons. The Morgan fingerprint density at radius 3 is 2.44 bits per heavy atom. The van der Waals surface area contributed by atoms with Crippen LogP contribution in [0.5, 0.6) is 0 Å². The minimum absolute atomic E-state index is 0.0762. The Hall–Kier alpha value is -2.66. The highest BCUT2D eigenvalue weighted by Crippen LogP contribution is 2.21. The molecule has 2 aromatic rings. The smallest absolute Gasteiger partial charge is 0.279 e. The molecular weight excluding hydrogens is 338 g/mol. The lowest BCUT2D eigenvalue weighted by molar-refractivity contribution is -0.687. The van der Waals surface area contributed by atoms with Crippen LogP contribution in [0.25, 0.3) is 0 Å². The number of nitrogens with one attached hydrogen (secondary N) is 2. The minimum Gasteiger partial charge on any atom is -0.336 e. The second kappa shape index (κ2) is 9.33. The molecule has 1 saturated carbocycles. The highest BCUT2D eigenvalue weighted by molar-refractivity contribution is 6.10. The molecule has 0 heterocycles. The largest absolute Gasteiger partial charge is 0.336 e. The fourth-order valence-electron chi connectivity index (χ4n) is 3.66. The van der Waals surface area contributed by atoms with E-state index in [1.165, 1.54) is 25.7 Å². The molecule has 2 aromatic carbocycles. The topological polar surface area (TPSA) is 74.8 Å². The van der Waals surface area contributed by atoms with E-state index in [1.807, 2.05) is 36.4 Å². The normalized spacial score (nSPS) is 19.3. The summed E-state index contributed by atoms with van der Waals surface area (Å²) in [6.07, 6.45) is 4.95. The van der Waals surface area contributed by atoms with Gasteiger partial charge in [0, 0.05) is 11.6 Å². The predicted octanol–water partition coefficient (Wildman–Crippen LogP) is 3.02. The summed E-state index contributed by atoms with van der Waals surface area (Å²) in [5, 5.41) is 7.91. The lowest BCUT2D eigenvalue weighted by Gasteiger charge is -2.26. The van der Waals surface area contributed by atoms with Crippen LogP contribution >= 0.6 is 0 Å². The number of hydrogen-bond acceptors (Lipinski definition) is 2. The third-order valence-electron chi connectivity index (χ3n) is 5.26. The summed E-state index contributed by atoms with van der Waals surface area (Å²) in [5.41, 5.74) is 1.73. The molecule has 0 bridgehead atoms. The van der Waals surface area contributed by atoms with Crippen LogP contribution in [-0.2, 0) is 4.79 Å². The highest BCUT2D eigenvalue weighted by Gasteiger charge is 2.25. The van der Waals surface area contributed by atoms with E-state index >= 15 is 0 Å². The summed E-state index contributed by atoms with van der Waals surface area (Å²) in [5.74, 6) is 0.338. The van der Waals surface area contributed by atoms with Gasteiger partial charge in [0.1, 0.15) is 0 Å². The molecule has 5 nitrogen and oxygen atoms in total. The summed E-state index contributed by atoms with van der Waals surface area (Å²) in [7, 11) is 0. The Morgan fingerprint density at radius 1 is 0.963 bits per heavy atom. The van der Waals surface area contributed by atoms with Crippen molar-refractivity contribution in [3.05, 3.63) is 60.2 Å². The number of rotatable bonds is 6. The van der Waals surface area contributed by atoms with Gasteiger partial charge < -0.3 is 16.0 Å². The maximum Gasteiger partial charge on any atom is 0.279 e. The van der Waals surface area contributed by atoms with Crippen molar-refractivity contribution in [3.8, 4) is 0 Å². The third-order valence-corrected chi connectivity index (χ3v) is 5.26. The summed E-state index contributed by atoms with van der Waals surface area (Å²) >= 11 is 0. The van der Waals surface area contributed by atoms with Crippen LogP contribution in [0.2, 0.25) is 0 Å². The van der Waals surface area contributed by atoms with Crippen molar-refractivity contribution in [2.45, 2.75) is 38.6 Å². The molecule has 1 aliphatic carbocycles. The molecule has 27 heavy (non-hydrogen) atoms. The average molecular weight is 366 g/mol. The van der Waals surface area contributed by atoms with Crippen LogP contribution in [0.3, 0.4) is 0 Å². The number of nitrogens with two attached hydrogens (primary N) is 1. The number of hydrogen-bond donors (Lipinski definition) is 3. The van der Waals surface area contributed by atoms with E-state index in [4.69, 9.17) is 0 Å². The Morgan fingerprint density at radius 2 is 1.67 bits per heavy atom. The molecule has 0 unspecified atom stereocenters. The number of amides is 2. The van der Waals surface area contributed by atoms with Gasteiger partial charge in [-0.1, -0.05) is 43.7 Å². The zero-order valence-electron chi connectivity index (χ0n) is 15.8. The lowest BCUT2D eigenvalue weighted by atomic mass is 9.86. The number of carbonyl (C=O) groups excluding carboxylic acids is 2. The van der Waals surface area contributed by atoms with Gasteiger partial charge in [-0.2, -0.15) is 0 Å². The molecule has 0 aromatic heterocycles. The molecule has 5 heteroatoms. The van der Waals surface area contributed by atoms with Gasteiger partial charge in [-0.15, -0.1) is 0 Å². The van der Waals surface area contributed by atoms with E-state index in [2.05, 4.69) is 22.9 Å². The molecule has 0 aliphatic heterocycles. The number of anilines is 2. The van der Waals surface area contributed by atoms with Crippen LogP contribution in [0.4, 0.5) is 11.4 Å². The van der Waals surface area contributed by atoms with E-state index in [0.29, 0.717) is 29.8 Å². The maximum atomic E-state index is 12.6. The van der Waals surface area contributed by atoms with E-state index < -0.39 is 0 Å². The second-order valence-corrected chi connectivity index (χ2v) is 7.28. The molecule has 3 rings (SSSR count). The molecule has 0 saturated heterocycles. The molecule has 1 fully saturated rings. The van der Waals surface area contributed by atoms with Crippen molar-refractivity contribution in [2.75, 3.05) is 17.2 Å². The Bertz CT molecular complexity index is 776.